The highest BCUT2D eigenvalue weighted by atomic mass is 79.9. The van der Waals surface area contributed by atoms with E-state index in [1.54, 1.807) is 12.1 Å². The van der Waals surface area contributed by atoms with Gasteiger partial charge in [-0.2, -0.15) is 0 Å². The second-order valence-corrected chi connectivity index (χ2v) is 3.75. The third-order valence-electron chi connectivity index (χ3n) is 1.49. The van der Waals surface area contributed by atoms with Crippen molar-refractivity contribution in [2.24, 2.45) is 5.73 Å². The summed E-state index contributed by atoms with van der Waals surface area (Å²) >= 11 is 7.84. The number of nitrogens with one attached hydrogen (secondary N) is 1. The number of para-hydroxylation sites is 1. The maximum Gasteiger partial charge on any atom is 0.337 e. The molecule has 0 aliphatic rings. The molecule has 0 aromatic heterocycles. The molecule has 0 spiro atoms. The second-order valence-electron chi connectivity index (χ2n) is 2.46. The molecule has 1 aromatic carbocycles. The van der Waals surface area contributed by atoms with Crippen molar-refractivity contribution >= 4 is 44.9 Å². The van der Waals surface area contributed by atoms with E-state index in [0.717, 1.165) is 0 Å². The van der Waals surface area contributed by atoms with Gasteiger partial charge >= 0.3 is 5.97 Å². The number of carboxylic acids is 1. The summed E-state index contributed by atoms with van der Waals surface area (Å²) in [6.45, 7) is 0. The van der Waals surface area contributed by atoms with Crippen molar-refractivity contribution in [3.8, 4) is 0 Å². The highest BCUT2D eigenvalue weighted by Crippen LogP contribution is 2.26. The molecule has 4 nitrogen and oxygen atoms in total. The van der Waals surface area contributed by atoms with Gasteiger partial charge < -0.3 is 16.2 Å². The maximum absolute atomic E-state index is 10.8. The zero-order valence-corrected chi connectivity index (χ0v) is 9.35. The van der Waals surface area contributed by atoms with Crippen LogP contribution in [-0.4, -0.2) is 16.2 Å². The minimum Gasteiger partial charge on any atom is -0.478 e. The van der Waals surface area contributed by atoms with E-state index in [1.165, 1.54) is 6.07 Å². The molecule has 6 heteroatoms. The molecule has 4 N–H and O–H groups in total. The van der Waals surface area contributed by atoms with Crippen LogP contribution in [0.25, 0.3) is 0 Å². The number of aromatic carboxylic acids is 1. The fourth-order valence-corrected chi connectivity index (χ4v) is 1.52. The first-order valence-electron chi connectivity index (χ1n) is 3.60. The summed E-state index contributed by atoms with van der Waals surface area (Å²) in [6, 6.07) is 4.79. The topological polar surface area (TPSA) is 75.3 Å². The van der Waals surface area contributed by atoms with Gasteiger partial charge in [-0.25, -0.2) is 4.79 Å². The Morgan fingerprint density at radius 3 is 2.71 bits per heavy atom. The van der Waals surface area contributed by atoms with E-state index < -0.39 is 5.97 Å². The first-order valence-corrected chi connectivity index (χ1v) is 4.80. The van der Waals surface area contributed by atoms with Gasteiger partial charge in [0.05, 0.1) is 11.3 Å². The summed E-state index contributed by atoms with van der Waals surface area (Å²) in [5, 5.41) is 11.5. The predicted molar refractivity (Wildman–Crippen MR) is 61.5 cm³/mol. The largest absolute Gasteiger partial charge is 0.478 e. The van der Waals surface area contributed by atoms with Crippen LogP contribution in [0, 0.1) is 0 Å². The lowest BCUT2D eigenvalue weighted by Crippen LogP contribution is -2.21. The predicted octanol–water partition coefficient (Wildman–Crippen LogP) is 1.80. The number of halogens is 1. The molecule has 0 atom stereocenters. The molecule has 0 saturated heterocycles. The average Bonchev–Trinajstić information content (AvgIpc) is 2.07. The second kappa shape index (κ2) is 4.39. The Labute approximate surface area is 94.2 Å². The van der Waals surface area contributed by atoms with Crippen molar-refractivity contribution in [3.63, 3.8) is 0 Å². The van der Waals surface area contributed by atoms with E-state index in [0.29, 0.717) is 10.2 Å². The van der Waals surface area contributed by atoms with Gasteiger partial charge in [-0.1, -0.05) is 6.07 Å². The number of hydrogen-bond acceptors (Lipinski definition) is 2. The molecule has 0 unspecified atom stereocenters. The molecule has 0 heterocycles. The highest BCUT2D eigenvalue weighted by molar-refractivity contribution is 9.10. The summed E-state index contributed by atoms with van der Waals surface area (Å²) in [6.07, 6.45) is 0. The number of anilines is 1. The maximum atomic E-state index is 10.8. The smallest absolute Gasteiger partial charge is 0.337 e. The monoisotopic (exact) mass is 274 g/mol. The lowest BCUT2D eigenvalue weighted by Gasteiger charge is -2.09. The molecular weight excluding hydrogens is 268 g/mol. The van der Waals surface area contributed by atoms with Gasteiger partial charge in [-0.3, -0.25) is 0 Å². The van der Waals surface area contributed by atoms with Crippen molar-refractivity contribution in [2.45, 2.75) is 0 Å². The summed E-state index contributed by atoms with van der Waals surface area (Å²) in [5.74, 6) is -1.04. The van der Waals surface area contributed by atoms with Gasteiger partial charge in [-0.05, 0) is 40.3 Å². The summed E-state index contributed by atoms with van der Waals surface area (Å²) < 4.78 is 0.602. The van der Waals surface area contributed by atoms with Crippen LogP contribution in [0.5, 0.6) is 0 Å². The Bertz CT molecular complexity index is 395. The molecule has 14 heavy (non-hydrogen) atoms. The van der Waals surface area contributed by atoms with Crippen LogP contribution in [-0.2, 0) is 0 Å². The average molecular weight is 275 g/mol. The number of carboxylic acid groups (broad SMARTS) is 1. The van der Waals surface area contributed by atoms with E-state index in [1.807, 2.05) is 0 Å². The van der Waals surface area contributed by atoms with Gasteiger partial charge in [0, 0.05) is 4.47 Å². The first-order chi connectivity index (χ1) is 6.52. The van der Waals surface area contributed by atoms with Gasteiger partial charge in [-0.15, -0.1) is 0 Å². The Hall–Kier alpha value is -1.14. The van der Waals surface area contributed by atoms with E-state index in [-0.39, 0.29) is 10.7 Å². The highest BCUT2D eigenvalue weighted by Gasteiger charge is 2.12. The number of benzene rings is 1. The minimum atomic E-state index is -1.04. The number of thiocarbonyl (C=S) groups is 1. The van der Waals surface area contributed by atoms with Crippen LogP contribution in [0.1, 0.15) is 10.4 Å². The van der Waals surface area contributed by atoms with Crippen molar-refractivity contribution in [1.82, 2.24) is 0 Å². The molecule has 0 saturated carbocycles. The van der Waals surface area contributed by atoms with Crippen molar-refractivity contribution in [3.05, 3.63) is 28.2 Å². The lowest BCUT2D eigenvalue weighted by atomic mass is 10.2. The third kappa shape index (κ3) is 2.43. The molecule has 0 aliphatic heterocycles. The van der Waals surface area contributed by atoms with Crippen LogP contribution >= 0.6 is 28.1 Å². The van der Waals surface area contributed by atoms with Gasteiger partial charge in [0.15, 0.2) is 5.11 Å². The van der Waals surface area contributed by atoms with Crippen molar-refractivity contribution < 1.29 is 9.90 Å². The molecule has 0 fully saturated rings. The summed E-state index contributed by atoms with van der Waals surface area (Å²) in [5.41, 5.74) is 5.75. The van der Waals surface area contributed by atoms with E-state index in [9.17, 15) is 4.79 Å². The zero-order chi connectivity index (χ0) is 10.7. The number of nitrogens with two attached hydrogens (primary N) is 1. The fraction of sp³-hybridized carbons (Fsp3) is 0. The quantitative estimate of drug-likeness (QED) is 0.718. The number of carbonyl (C=O) groups is 1. The molecule has 1 rings (SSSR count). The van der Waals surface area contributed by atoms with Gasteiger partial charge in [0.1, 0.15) is 0 Å². The molecule has 74 valence electrons. The van der Waals surface area contributed by atoms with Gasteiger partial charge in [0.25, 0.3) is 0 Å². The van der Waals surface area contributed by atoms with E-state index in [2.05, 4.69) is 33.5 Å². The lowest BCUT2D eigenvalue weighted by molar-refractivity contribution is 0.0698. The Kier molecular flexibility index (Phi) is 3.43. The molecule has 0 aliphatic carbocycles. The SMILES string of the molecule is NC(=S)Nc1c(Br)cccc1C(=O)O. The summed E-state index contributed by atoms with van der Waals surface area (Å²) in [7, 11) is 0. The number of hydrogen-bond donors (Lipinski definition) is 3. The number of rotatable bonds is 2. The van der Waals surface area contributed by atoms with Crippen molar-refractivity contribution in [2.75, 3.05) is 5.32 Å². The Balaban J connectivity index is 3.22. The van der Waals surface area contributed by atoms with Crippen molar-refractivity contribution in [1.29, 1.82) is 0 Å². The third-order valence-corrected chi connectivity index (χ3v) is 2.26. The van der Waals surface area contributed by atoms with Crippen LogP contribution in [0.15, 0.2) is 22.7 Å². The Morgan fingerprint density at radius 1 is 1.57 bits per heavy atom. The summed E-state index contributed by atoms with van der Waals surface area (Å²) in [4.78, 5) is 10.8. The van der Waals surface area contributed by atoms with E-state index >= 15 is 0 Å². The van der Waals surface area contributed by atoms with Crippen LogP contribution < -0.4 is 11.1 Å². The molecule has 0 amide bonds. The normalized spacial score (nSPS) is 9.50. The first kappa shape index (κ1) is 10.9. The van der Waals surface area contributed by atoms with Crippen LogP contribution in [0.3, 0.4) is 0 Å². The van der Waals surface area contributed by atoms with Crippen LogP contribution in [0.4, 0.5) is 5.69 Å². The zero-order valence-electron chi connectivity index (χ0n) is 6.95. The molecule has 0 radical (unpaired) electrons. The molecular formula is C8H7BrN2O2S. The van der Waals surface area contributed by atoms with E-state index in [4.69, 9.17) is 10.8 Å². The molecule has 1 aromatic rings. The standard InChI is InChI=1S/C8H7BrN2O2S/c9-5-3-1-2-4(7(12)13)6(5)11-8(10)14/h1-3H,(H,12,13)(H3,10,11,14). The van der Waals surface area contributed by atoms with Gasteiger partial charge in [0.2, 0.25) is 0 Å². The molecule has 0 bridgehead atoms. The fourth-order valence-electron chi connectivity index (χ4n) is 0.953. The van der Waals surface area contributed by atoms with Crippen LogP contribution in [0.2, 0.25) is 0 Å². The minimum absolute atomic E-state index is 0.0272. The Morgan fingerprint density at radius 2 is 2.21 bits per heavy atom.